The molecule has 122 valence electrons. The van der Waals surface area contributed by atoms with Crippen LogP contribution in [0.5, 0.6) is 0 Å². The number of ether oxygens (including phenoxy) is 1. The van der Waals surface area contributed by atoms with Crippen LogP contribution in [-0.2, 0) is 9.53 Å². The van der Waals surface area contributed by atoms with E-state index in [9.17, 15) is 18.4 Å². The first-order valence-electron chi connectivity index (χ1n) is 6.69. The molecule has 7 heteroatoms. The lowest BCUT2D eigenvalue weighted by molar-refractivity contribution is -0.147. The molecule has 0 fully saturated rings. The summed E-state index contributed by atoms with van der Waals surface area (Å²) in [6.45, 7) is 6.99. The second-order valence-corrected chi connectivity index (χ2v) is 6.83. The average Bonchev–Trinajstić information content (AvgIpc) is 2.35. The van der Waals surface area contributed by atoms with Crippen molar-refractivity contribution in [1.29, 1.82) is 0 Å². The van der Waals surface area contributed by atoms with Crippen LogP contribution in [-0.4, -0.2) is 22.6 Å². The van der Waals surface area contributed by atoms with Gasteiger partial charge in [-0.25, -0.2) is 8.78 Å². The maximum Gasteiger partial charge on any atom is 0.319 e. The van der Waals surface area contributed by atoms with Gasteiger partial charge in [-0.1, -0.05) is 13.8 Å². The number of hydrogen-bond acceptors (Lipinski definition) is 4. The third-order valence-corrected chi connectivity index (χ3v) is 4.44. The lowest BCUT2D eigenvalue weighted by Crippen LogP contribution is -2.28. The Labute approximate surface area is 137 Å². The molecule has 0 spiro atoms. The highest BCUT2D eigenvalue weighted by molar-refractivity contribution is 8.00. The Morgan fingerprint density at radius 2 is 1.73 bits per heavy atom. The van der Waals surface area contributed by atoms with Crippen molar-refractivity contribution < 1.29 is 23.1 Å². The number of carbonyl (C=O) groups excluding carboxylic acids is 2. The SMILES string of the molecule is CC(C)OC(=O)C(Sc1cc(C(=O)Cl)c(F)cc1F)C(C)C. The molecule has 0 aliphatic heterocycles. The molecule has 1 unspecified atom stereocenters. The van der Waals surface area contributed by atoms with Gasteiger partial charge in [-0.2, -0.15) is 0 Å². The Kier molecular flexibility index (Phi) is 6.81. The summed E-state index contributed by atoms with van der Waals surface area (Å²) in [5.74, 6) is -2.52. The van der Waals surface area contributed by atoms with Gasteiger partial charge in [-0.15, -0.1) is 11.8 Å². The van der Waals surface area contributed by atoms with Crippen molar-refractivity contribution in [1.82, 2.24) is 0 Å². The number of carbonyl (C=O) groups is 2. The van der Waals surface area contributed by atoms with Gasteiger partial charge in [0.15, 0.2) is 0 Å². The van der Waals surface area contributed by atoms with Crippen LogP contribution in [0, 0.1) is 17.6 Å². The van der Waals surface area contributed by atoms with Crippen LogP contribution >= 0.6 is 23.4 Å². The van der Waals surface area contributed by atoms with Crippen molar-refractivity contribution in [2.45, 2.75) is 43.9 Å². The molecule has 0 aliphatic carbocycles. The lowest BCUT2D eigenvalue weighted by Gasteiger charge is -2.20. The van der Waals surface area contributed by atoms with Crippen molar-refractivity contribution in [2.24, 2.45) is 5.92 Å². The molecule has 3 nitrogen and oxygen atoms in total. The van der Waals surface area contributed by atoms with Crippen LogP contribution < -0.4 is 0 Å². The fraction of sp³-hybridized carbons (Fsp3) is 0.467. The van der Waals surface area contributed by atoms with Gasteiger partial charge >= 0.3 is 5.97 Å². The van der Waals surface area contributed by atoms with Crippen LogP contribution in [0.3, 0.4) is 0 Å². The second-order valence-electron chi connectivity index (χ2n) is 5.30. The van der Waals surface area contributed by atoms with Gasteiger partial charge in [0.05, 0.1) is 11.7 Å². The summed E-state index contributed by atoms with van der Waals surface area (Å²) in [4.78, 5) is 23.2. The van der Waals surface area contributed by atoms with Crippen LogP contribution in [0.4, 0.5) is 8.78 Å². The maximum atomic E-state index is 13.9. The molecule has 0 saturated heterocycles. The lowest BCUT2D eigenvalue weighted by atomic mass is 10.1. The first kappa shape index (κ1) is 18.9. The van der Waals surface area contributed by atoms with Crippen molar-refractivity contribution in [3.63, 3.8) is 0 Å². The smallest absolute Gasteiger partial charge is 0.319 e. The van der Waals surface area contributed by atoms with E-state index >= 15 is 0 Å². The molecule has 0 heterocycles. The predicted octanol–water partition coefficient (Wildman–Crippen LogP) is 4.41. The Bertz CT molecular complexity index is 576. The van der Waals surface area contributed by atoms with Crippen LogP contribution in [0.2, 0.25) is 0 Å². The van der Waals surface area contributed by atoms with Gasteiger partial charge in [0.25, 0.3) is 5.24 Å². The molecule has 0 N–H and O–H groups in total. The molecule has 0 saturated carbocycles. The minimum absolute atomic E-state index is 0.0233. The van der Waals surface area contributed by atoms with E-state index in [1.807, 2.05) is 0 Å². The van der Waals surface area contributed by atoms with E-state index in [1.54, 1.807) is 27.7 Å². The number of hydrogen-bond donors (Lipinski definition) is 0. The van der Waals surface area contributed by atoms with Gasteiger partial charge in [-0.3, -0.25) is 9.59 Å². The van der Waals surface area contributed by atoms with E-state index in [-0.39, 0.29) is 16.9 Å². The van der Waals surface area contributed by atoms with E-state index in [4.69, 9.17) is 16.3 Å². The van der Waals surface area contributed by atoms with E-state index in [0.29, 0.717) is 6.07 Å². The normalized spacial score (nSPS) is 12.6. The number of thioether (sulfide) groups is 1. The molecule has 0 amide bonds. The highest BCUT2D eigenvalue weighted by Crippen LogP contribution is 2.33. The Morgan fingerprint density at radius 3 is 2.18 bits per heavy atom. The van der Waals surface area contributed by atoms with Crippen molar-refractivity contribution in [2.75, 3.05) is 0 Å². The van der Waals surface area contributed by atoms with E-state index in [2.05, 4.69) is 0 Å². The quantitative estimate of drug-likeness (QED) is 0.433. The molecule has 1 rings (SSSR count). The fourth-order valence-electron chi connectivity index (χ4n) is 1.66. The Hall–Kier alpha value is -1.14. The van der Waals surface area contributed by atoms with Crippen LogP contribution in [0.25, 0.3) is 0 Å². The van der Waals surface area contributed by atoms with Gasteiger partial charge in [0.2, 0.25) is 0 Å². The monoisotopic (exact) mass is 350 g/mol. The summed E-state index contributed by atoms with van der Waals surface area (Å²) in [6, 6.07) is 1.60. The fourth-order valence-corrected chi connectivity index (χ4v) is 2.86. The summed E-state index contributed by atoms with van der Waals surface area (Å²) in [5.41, 5.74) is -0.426. The number of benzene rings is 1. The zero-order valence-electron chi connectivity index (χ0n) is 12.7. The Morgan fingerprint density at radius 1 is 1.14 bits per heavy atom. The van der Waals surface area contributed by atoms with E-state index < -0.39 is 33.7 Å². The molecule has 0 aliphatic rings. The number of esters is 1. The molecule has 0 radical (unpaired) electrons. The number of halogens is 3. The van der Waals surface area contributed by atoms with Crippen molar-refractivity contribution in [3.8, 4) is 0 Å². The van der Waals surface area contributed by atoms with Gasteiger partial charge < -0.3 is 4.74 Å². The topological polar surface area (TPSA) is 43.4 Å². The minimum atomic E-state index is -1.03. The van der Waals surface area contributed by atoms with Crippen molar-refractivity contribution in [3.05, 3.63) is 29.3 Å². The molecule has 0 bridgehead atoms. The van der Waals surface area contributed by atoms with Crippen LogP contribution in [0.1, 0.15) is 38.1 Å². The molecule has 22 heavy (non-hydrogen) atoms. The standard InChI is InChI=1S/C15H17ClF2O3S/c1-7(2)13(15(20)21-8(3)4)22-12-5-9(14(16)19)10(17)6-11(12)18/h5-8,13H,1-4H3. The highest BCUT2D eigenvalue weighted by atomic mass is 35.5. The largest absolute Gasteiger partial charge is 0.462 e. The predicted molar refractivity (Wildman–Crippen MR) is 82.3 cm³/mol. The average molecular weight is 351 g/mol. The second kappa shape index (κ2) is 7.92. The van der Waals surface area contributed by atoms with Gasteiger partial charge in [0, 0.05) is 11.0 Å². The molecule has 0 aromatic heterocycles. The third-order valence-electron chi connectivity index (χ3n) is 2.68. The molecule has 1 atom stereocenters. The molecule has 1 aromatic rings. The third kappa shape index (κ3) is 4.95. The van der Waals surface area contributed by atoms with Crippen molar-refractivity contribution >= 4 is 34.6 Å². The van der Waals surface area contributed by atoms with Crippen LogP contribution in [0.15, 0.2) is 17.0 Å². The molecular formula is C15H17ClF2O3S. The summed E-state index contributed by atoms with van der Waals surface area (Å²) in [5, 5.41) is -1.70. The highest BCUT2D eigenvalue weighted by Gasteiger charge is 2.28. The summed E-state index contributed by atoms with van der Waals surface area (Å²) >= 11 is 6.15. The molecular weight excluding hydrogens is 334 g/mol. The summed E-state index contributed by atoms with van der Waals surface area (Å²) in [7, 11) is 0. The Balaban J connectivity index is 3.11. The minimum Gasteiger partial charge on any atom is -0.462 e. The zero-order chi connectivity index (χ0) is 17.0. The van der Waals surface area contributed by atoms with E-state index in [1.165, 1.54) is 0 Å². The molecule has 1 aromatic carbocycles. The maximum absolute atomic E-state index is 13.9. The van der Waals surface area contributed by atoms with Gasteiger partial charge in [-0.05, 0) is 37.4 Å². The zero-order valence-corrected chi connectivity index (χ0v) is 14.2. The number of rotatable bonds is 6. The first-order valence-corrected chi connectivity index (χ1v) is 7.95. The summed E-state index contributed by atoms with van der Waals surface area (Å²) in [6.07, 6.45) is -0.299. The van der Waals surface area contributed by atoms with Gasteiger partial charge in [0.1, 0.15) is 16.9 Å². The van der Waals surface area contributed by atoms with E-state index in [0.717, 1.165) is 17.8 Å². The summed E-state index contributed by atoms with van der Waals surface area (Å²) < 4.78 is 32.5. The first-order chi connectivity index (χ1) is 10.1.